The van der Waals surface area contributed by atoms with Crippen LogP contribution < -0.4 is 14.4 Å². The number of hydrogen-bond donors (Lipinski definition) is 0. The number of aromatic nitrogens is 4. The number of fused-ring (bicyclic) bond motifs is 1. The summed E-state index contributed by atoms with van der Waals surface area (Å²) in [4.78, 5) is 18.9. The molecule has 0 N–H and O–H groups in total. The first-order chi connectivity index (χ1) is 18.6. The maximum atomic E-state index is 12.2. The van der Waals surface area contributed by atoms with Crippen LogP contribution >= 0.6 is 0 Å². The number of ether oxygens (including phenoxy) is 2. The molecule has 2 aliphatic heterocycles. The molecule has 0 saturated carbocycles. The third kappa shape index (κ3) is 5.85. The molecule has 1 aromatic carbocycles. The van der Waals surface area contributed by atoms with Crippen molar-refractivity contribution < 1.29 is 14.3 Å². The number of rotatable bonds is 9. The summed E-state index contributed by atoms with van der Waals surface area (Å²) in [5.41, 5.74) is 2.04. The van der Waals surface area contributed by atoms with Gasteiger partial charge in [-0.3, -0.25) is 9.69 Å². The molecule has 0 radical (unpaired) electrons. The zero-order valence-electron chi connectivity index (χ0n) is 22.8. The molecule has 5 rings (SSSR count). The summed E-state index contributed by atoms with van der Waals surface area (Å²) in [6, 6.07) is 13.3. The monoisotopic (exact) mass is 521 g/mol. The average Bonchev–Trinajstić information content (AvgIpc) is 3.37. The fourth-order valence-electron chi connectivity index (χ4n) is 5.54. The van der Waals surface area contributed by atoms with Gasteiger partial charge < -0.3 is 19.3 Å². The van der Waals surface area contributed by atoms with E-state index in [1.807, 2.05) is 17.0 Å². The van der Waals surface area contributed by atoms with Gasteiger partial charge in [-0.2, -0.15) is 4.52 Å². The lowest BCUT2D eigenvalue weighted by Gasteiger charge is -2.39. The smallest absolute Gasteiger partial charge is 0.338 e. The zero-order valence-corrected chi connectivity index (χ0v) is 22.8. The molecule has 4 heterocycles. The van der Waals surface area contributed by atoms with E-state index in [2.05, 4.69) is 63.2 Å². The summed E-state index contributed by atoms with van der Waals surface area (Å²) in [5, 5.41) is 12.8. The van der Waals surface area contributed by atoms with E-state index < -0.39 is 0 Å². The zero-order chi connectivity index (χ0) is 26.5. The normalized spacial score (nSPS) is 19.2. The molecule has 3 aromatic rings. The van der Waals surface area contributed by atoms with Gasteiger partial charge in [-0.1, -0.05) is 24.2 Å². The van der Waals surface area contributed by atoms with Crippen LogP contribution in [0.3, 0.4) is 0 Å². The Kier molecular flexibility index (Phi) is 8.26. The molecule has 0 bridgehead atoms. The highest BCUT2D eigenvalue weighted by molar-refractivity contribution is 5.76. The van der Waals surface area contributed by atoms with Gasteiger partial charge in [0.2, 0.25) is 5.91 Å². The number of carbonyl (C=O) groups is 1. The van der Waals surface area contributed by atoms with Gasteiger partial charge in [0.1, 0.15) is 18.2 Å². The van der Waals surface area contributed by atoms with Crippen LogP contribution in [0.15, 0.2) is 36.4 Å². The highest BCUT2D eigenvalue weighted by atomic mass is 16.5. The van der Waals surface area contributed by atoms with Crippen molar-refractivity contribution in [2.75, 3.05) is 57.9 Å². The highest BCUT2D eigenvalue weighted by Crippen LogP contribution is 2.31. The molecule has 0 spiro atoms. The van der Waals surface area contributed by atoms with Crippen molar-refractivity contribution in [3.8, 4) is 11.8 Å². The second-order valence-electron chi connectivity index (χ2n) is 10.3. The molecule has 2 aromatic heterocycles. The molecule has 38 heavy (non-hydrogen) atoms. The Hall–Kier alpha value is -3.40. The van der Waals surface area contributed by atoms with Crippen molar-refractivity contribution >= 4 is 17.4 Å². The lowest BCUT2D eigenvalue weighted by atomic mass is 9.89. The molecule has 1 amide bonds. The minimum atomic E-state index is 0.284. The fraction of sp³-hybridized carbons (Fsp3) is 0.571. The number of benzene rings is 1. The topological polar surface area (TPSA) is 88.3 Å². The lowest BCUT2D eigenvalue weighted by Crippen LogP contribution is -2.54. The molecule has 0 aliphatic carbocycles. The quantitative estimate of drug-likeness (QED) is 0.424. The van der Waals surface area contributed by atoms with E-state index in [4.69, 9.17) is 9.47 Å². The maximum absolute atomic E-state index is 12.2. The second kappa shape index (κ2) is 12.0. The van der Waals surface area contributed by atoms with E-state index in [1.165, 1.54) is 5.56 Å². The Morgan fingerprint density at radius 2 is 1.82 bits per heavy atom. The van der Waals surface area contributed by atoms with Crippen LogP contribution in [0, 0.1) is 0 Å². The molecule has 204 valence electrons. The van der Waals surface area contributed by atoms with Gasteiger partial charge in [0, 0.05) is 51.7 Å². The largest absolute Gasteiger partial charge is 0.492 e. The van der Waals surface area contributed by atoms with Gasteiger partial charge in [-0.05, 0) is 61.9 Å². The van der Waals surface area contributed by atoms with Crippen LogP contribution in [0.1, 0.15) is 51.0 Å². The Morgan fingerprint density at radius 3 is 2.53 bits per heavy atom. The van der Waals surface area contributed by atoms with Crippen LogP contribution in [0.2, 0.25) is 0 Å². The number of carbonyl (C=O) groups excluding carboxylic acids is 1. The lowest BCUT2D eigenvalue weighted by molar-refractivity contribution is -0.134. The van der Waals surface area contributed by atoms with Crippen molar-refractivity contribution in [2.24, 2.45) is 0 Å². The van der Waals surface area contributed by atoms with E-state index in [1.54, 1.807) is 11.6 Å². The second-order valence-corrected chi connectivity index (χ2v) is 10.3. The van der Waals surface area contributed by atoms with Crippen molar-refractivity contribution in [2.45, 2.75) is 51.5 Å². The molecule has 1 atom stereocenters. The van der Waals surface area contributed by atoms with E-state index >= 15 is 0 Å². The van der Waals surface area contributed by atoms with Gasteiger partial charge in [-0.15, -0.1) is 10.2 Å². The van der Waals surface area contributed by atoms with Crippen LogP contribution in [0.4, 0.5) is 5.82 Å². The minimum Gasteiger partial charge on any atom is -0.492 e. The summed E-state index contributed by atoms with van der Waals surface area (Å²) in [6.45, 7) is 10.2. The minimum absolute atomic E-state index is 0.284. The number of piperazine rings is 1. The van der Waals surface area contributed by atoms with Crippen LogP contribution in [-0.2, 0) is 4.79 Å². The van der Waals surface area contributed by atoms with Crippen molar-refractivity contribution in [3.05, 3.63) is 42.0 Å². The molecule has 10 nitrogen and oxygen atoms in total. The standard InChI is InChI=1S/C28H39N7O3/c1-4-5-27(36)34-17-16-32(21(2)20-34)18-19-38-24-8-6-22(7-9-24)23-12-14-33(15-13-23)26-11-10-25-29-30-28(37-3)35(25)31-26/h6-11,21,23H,4-5,12-20H2,1-3H3. The van der Waals surface area contributed by atoms with Gasteiger partial charge in [0.15, 0.2) is 5.65 Å². The maximum Gasteiger partial charge on any atom is 0.338 e. The average molecular weight is 522 g/mol. The first-order valence-corrected chi connectivity index (χ1v) is 13.8. The first-order valence-electron chi connectivity index (χ1n) is 13.8. The number of amides is 1. The van der Waals surface area contributed by atoms with Gasteiger partial charge in [0.25, 0.3) is 0 Å². The Morgan fingerprint density at radius 1 is 1.03 bits per heavy atom. The van der Waals surface area contributed by atoms with E-state index in [0.717, 1.165) is 70.1 Å². The Labute approximate surface area is 224 Å². The van der Waals surface area contributed by atoms with Crippen molar-refractivity contribution in [3.63, 3.8) is 0 Å². The fourth-order valence-corrected chi connectivity index (χ4v) is 5.54. The van der Waals surface area contributed by atoms with E-state index in [9.17, 15) is 4.79 Å². The third-order valence-corrected chi connectivity index (χ3v) is 7.80. The summed E-state index contributed by atoms with van der Waals surface area (Å²) in [5.74, 6) is 2.64. The SMILES string of the molecule is CCCC(=O)N1CCN(CCOc2ccc(C3CCN(c4ccc5nnc(OC)n5n4)CC3)cc2)C(C)C1. The molecule has 2 fully saturated rings. The van der Waals surface area contributed by atoms with E-state index in [-0.39, 0.29) is 5.91 Å². The molecular weight excluding hydrogens is 482 g/mol. The number of anilines is 1. The van der Waals surface area contributed by atoms with Crippen molar-refractivity contribution in [1.82, 2.24) is 29.6 Å². The number of hydrogen-bond acceptors (Lipinski definition) is 8. The van der Waals surface area contributed by atoms with Crippen LogP contribution in [-0.4, -0.2) is 94.5 Å². The third-order valence-electron chi connectivity index (χ3n) is 7.80. The Bertz CT molecular complexity index is 1210. The predicted octanol–water partition coefficient (Wildman–Crippen LogP) is 3.23. The summed E-state index contributed by atoms with van der Waals surface area (Å²) in [6.07, 6.45) is 3.71. The highest BCUT2D eigenvalue weighted by Gasteiger charge is 2.26. The molecule has 2 aliphatic rings. The summed E-state index contributed by atoms with van der Waals surface area (Å²) < 4.78 is 13.0. The van der Waals surface area contributed by atoms with Gasteiger partial charge >= 0.3 is 6.01 Å². The van der Waals surface area contributed by atoms with Gasteiger partial charge in [-0.25, -0.2) is 0 Å². The number of nitrogens with zero attached hydrogens (tertiary/aromatic N) is 7. The number of methoxy groups -OCH3 is 1. The first kappa shape index (κ1) is 26.2. The van der Waals surface area contributed by atoms with Gasteiger partial charge in [0.05, 0.1) is 7.11 Å². The van der Waals surface area contributed by atoms with Crippen molar-refractivity contribution in [1.29, 1.82) is 0 Å². The number of piperidine rings is 1. The molecule has 2 saturated heterocycles. The molecule has 1 unspecified atom stereocenters. The summed E-state index contributed by atoms with van der Waals surface area (Å²) >= 11 is 0. The predicted molar refractivity (Wildman–Crippen MR) is 146 cm³/mol. The van der Waals surface area contributed by atoms with Crippen LogP contribution in [0.5, 0.6) is 11.8 Å². The molecular formula is C28H39N7O3. The van der Waals surface area contributed by atoms with E-state index in [0.29, 0.717) is 36.6 Å². The summed E-state index contributed by atoms with van der Waals surface area (Å²) in [7, 11) is 1.58. The van der Waals surface area contributed by atoms with Crippen LogP contribution in [0.25, 0.3) is 5.65 Å². The Balaban J connectivity index is 1.07. The molecule has 10 heteroatoms.